The molecule has 164 valence electrons. The summed E-state index contributed by atoms with van der Waals surface area (Å²) >= 11 is 0. The standard InChI is InChI=1S/C24H30N4O3/c1-18-9-8-11-20(15-18)26-24(31)25-16-22(29)28(21-12-4-3-5-13-21)17-23(30)27-14-7-6-10-19(27)2/h3-5,8-9,11-13,15,19H,6-7,10,14,16-17H2,1-2H3,(H2,25,26,31). The Labute approximate surface area is 183 Å². The fraction of sp³-hybridized carbons (Fsp3) is 0.375. The van der Waals surface area contributed by atoms with Gasteiger partial charge in [-0.05, 0) is 62.9 Å². The van der Waals surface area contributed by atoms with Crippen LogP contribution in [0.25, 0.3) is 0 Å². The summed E-state index contributed by atoms with van der Waals surface area (Å²) in [6.45, 7) is 4.44. The molecule has 3 rings (SSSR count). The zero-order chi connectivity index (χ0) is 22.2. The van der Waals surface area contributed by atoms with E-state index in [0.717, 1.165) is 24.8 Å². The van der Waals surface area contributed by atoms with Gasteiger partial charge in [-0.15, -0.1) is 0 Å². The van der Waals surface area contributed by atoms with Crippen molar-refractivity contribution in [2.45, 2.75) is 39.2 Å². The number of para-hydroxylation sites is 1. The number of rotatable bonds is 6. The number of carbonyl (C=O) groups excluding carboxylic acids is 3. The number of hydrogen-bond donors (Lipinski definition) is 2. The van der Waals surface area contributed by atoms with Crippen LogP contribution < -0.4 is 15.5 Å². The Hall–Kier alpha value is -3.35. The maximum absolute atomic E-state index is 13.0. The molecule has 0 radical (unpaired) electrons. The molecule has 4 amide bonds. The fourth-order valence-electron chi connectivity index (χ4n) is 3.78. The number of piperidine rings is 1. The Morgan fingerprint density at radius 2 is 1.84 bits per heavy atom. The van der Waals surface area contributed by atoms with E-state index < -0.39 is 6.03 Å². The van der Waals surface area contributed by atoms with Gasteiger partial charge in [-0.25, -0.2) is 4.79 Å². The first kappa shape index (κ1) is 22.3. The minimum absolute atomic E-state index is 0.0473. The van der Waals surface area contributed by atoms with E-state index in [1.54, 1.807) is 18.2 Å². The van der Waals surface area contributed by atoms with Gasteiger partial charge in [0.05, 0.1) is 6.54 Å². The van der Waals surface area contributed by atoms with Gasteiger partial charge in [-0.2, -0.15) is 0 Å². The van der Waals surface area contributed by atoms with Crippen LogP contribution in [0.1, 0.15) is 31.7 Å². The Morgan fingerprint density at radius 3 is 2.55 bits per heavy atom. The molecular weight excluding hydrogens is 392 g/mol. The minimum atomic E-state index is -0.469. The van der Waals surface area contributed by atoms with Gasteiger partial charge in [-0.3, -0.25) is 9.59 Å². The summed E-state index contributed by atoms with van der Waals surface area (Å²) in [5, 5.41) is 5.32. The lowest BCUT2D eigenvalue weighted by atomic mass is 10.0. The maximum atomic E-state index is 13.0. The third kappa shape index (κ3) is 6.31. The van der Waals surface area contributed by atoms with Crippen LogP contribution in [0, 0.1) is 6.92 Å². The van der Waals surface area contributed by atoms with Crippen molar-refractivity contribution < 1.29 is 14.4 Å². The monoisotopic (exact) mass is 422 g/mol. The van der Waals surface area contributed by atoms with Crippen LogP contribution in [0.4, 0.5) is 16.2 Å². The van der Waals surface area contributed by atoms with E-state index in [1.807, 2.05) is 55.1 Å². The number of carbonyl (C=O) groups is 3. The highest BCUT2D eigenvalue weighted by Gasteiger charge is 2.27. The van der Waals surface area contributed by atoms with Crippen LogP contribution >= 0.6 is 0 Å². The van der Waals surface area contributed by atoms with Gasteiger partial charge in [0.25, 0.3) is 0 Å². The molecule has 1 fully saturated rings. The summed E-state index contributed by atoms with van der Waals surface area (Å²) in [6.07, 6.45) is 3.08. The fourth-order valence-corrected chi connectivity index (χ4v) is 3.78. The smallest absolute Gasteiger partial charge is 0.319 e. The molecule has 2 aromatic rings. The molecule has 1 aliphatic rings. The van der Waals surface area contributed by atoms with E-state index >= 15 is 0 Å². The molecule has 1 heterocycles. The van der Waals surface area contributed by atoms with Crippen molar-refractivity contribution in [1.82, 2.24) is 10.2 Å². The van der Waals surface area contributed by atoms with E-state index in [9.17, 15) is 14.4 Å². The average molecular weight is 423 g/mol. The van der Waals surface area contributed by atoms with Gasteiger partial charge in [0.15, 0.2) is 0 Å². The van der Waals surface area contributed by atoms with Crippen molar-refractivity contribution in [2.24, 2.45) is 0 Å². The Kier molecular flexibility index (Phi) is 7.65. The lowest BCUT2D eigenvalue weighted by molar-refractivity contribution is -0.134. The van der Waals surface area contributed by atoms with Crippen LogP contribution in [-0.2, 0) is 9.59 Å². The number of urea groups is 1. The molecule has 7 heteroatoms. The number of nitrogens with one attached hydrogen (secondary N) is 2. The van der Waals surface area contributed by atoms with Crippen LogP contribution in [0.15, 0.2) is 54.6 Å². The van der Waals surface area contributed by atoms with Gasteiger partial charge < -0.3 is 20.4 Å². The summed E-state index contributed by atoms with van der Waals surface area (Å²) in [5.41, 5.74) is 2.31. The molecule has 0 aliphatic carbocycles. The van der Waals surface area contributed by atoms with Crippen LogP contribution in [0.3, 0.4) is 0 Å². The third-order valence-corrected chi connectivity index (χ3v) is 5.46. The highest BCUT2D eigenvalue weighted by molar-refractivity contribution is 6.01. The van der Waals surface area contributed by atoms with Crippen molar-refractivity contribution in [3.05, 3.63) is 60.2 Å². The first-order valence-corrected chi connectivity index (χ1v) is 10.7. The SMILES string of the molecule is Cc1cccc(NC(=O)NCC(=O)N(CC(=O)N2CCCCC2C)c2ccccc2)c1. The molecule has 1 unspecified atom stereocenters. The van der Waals surface area contributed by atoms with E-state index in [2.05, 4.69) is 10.6 Å². The topological polar surface area (TPSA) is 81.8 Å². The molecule has 0 aromatic heterocycles. The first-order valence-electron chi connectivity index (χ1n) is 10.7. The Balaban J connectivity index is 1.64. The van der Waals surface area contributed by atoms with Crippen molar-refractivity contribution >= 4 is 29.2 Å². The number of aryl methyl sites for hydroxylation is 1. The highest BCUT2D eigenvalue weighted by Crippen LogP contribution is 2.19. The number of anilines is 2. The molecule has 1 saturated heterocycles. The number of hydrogen-bond acceptors (Lipinski definition) is 3. The van der Waals surface area contributed by atoms with Crippen molar-refractivity contribution in [1.29, 1.82) is 0 Å². The zero-order valence-electron chi connectivity index (χ0n) is 18.1. The average Bonchev–Trinajstić information content (AvgIpc) is 2.76. The molecule has 2 N–H and O–H groups in total. The molecule has 2 aromatic carbocycles. The molecule has 0 saturated carbocycles. The molecule has 1 aliphatic heterocycles. The number of likely N-dealkylation sites (tertiary alicyclic amines) is 1. The Morgan fingerprint density at radius 1 is 1.06 bits per heavy atom. The quantitative estimate of drug-likeness (QED) is 0.747. The van der Waals surface area contributed by atoms with E-state index in [-0.39, 0.29) is 30.9 Å². The van der Waals surface area contributed by atoms with Gasteiger partial charge in [0.2, 0.25) is 11.8 Å². The molecule has 7 nitrogen and oxygen atoms in total. The summed E-state index contributed by atoms with van der Waals surface area (Å²) < 4.78 is 0. The molecule has 0 bridgehead atoms. The first-order chi connectivity index (χ1) is 14.9. The largest absolute Gasteiger partial charge is 0.338 e. The predicted octanol–water partition coefficient (Wildman–Crippen LogP) is 3.55. The summed E-state index contributed by atoms with van der Waals surface area (Å²) in [5.74, 6) is -0.419. The lowest BCUT2D eigenvalue weighted by Crippen LogP contribution is -2.50. The molecule has 0 spiro atoms. The second-order valence-corrected chi connectivity index (χ2v) is 7.92. The van der Waals surface area contributed by atoms with Gasteiger partial charge in [-0.1, -0.05) is 30.3 Å². The van der Waals surface area contributed by atoms with Crippen molar-refractivity contribution in [3.8, 4) is 0 Å². The third-order valence-electron chi connectivity index (χ3n) is 5.46. The van der Waals surface area contributed by atoms with Gasteiger partial charge >= 0.3 is 6.03 Å². The van der Waals surface area contributed by atoms with Gasteiger partial charge in [0.1, 0.15) is 6.54 Å². The van der Waals surface area contributed by atoms with Gasteiger partial charge in [0, 0.05) is 24.0 Å². The minimum Gasteiger partial charge on any atom is -0.338 e. The molecule has 31 heavy (non-hydrogen) atoms. The second kappa shape index (κ2) is 10.6. The number of nitrogens with zero attached hydrogens (tertiary/aromatic N) is 2. The number of benzene rings is 2. The molecular formula is C24H30N4O3. The van der Waals surface area contributed by atoms with Crippen LogP contribution in [0.2, 0.25) is 0 Å². The highest BCUT2D eigenvalue weighted by atomic mass is 16.2. The summed E-state index contributed by atoms with van der Waals surface area (Å²) in [7, 11) is 0. The van der Waals surface area contributed by atoms with Crippen molar-refractivity contribution in [2.75, 3.05) is 29.9 Å². The summed E-state index contributed by atoms with van der Waals surface area (Å²) in [4.78, 5) is 41.4. The lowest BCUT2D eigenvalue weighted by Gasteiger charge is -2.35. The molecule has 1 atom stereocenters. The number of amides is 4. The second-order valence-electron chi connectivity index (χ2n) is 7.92. The van der Waals surface area contributed by atoms with Crippen LogP contribution in [0.5, 0.6) is 0 Å². The zero-order valence-corrected chi connectivity index (χ0v) is 18.1. The van der Waals surface area contributed by atoms with E-state index in [0.29, 0.717) is 17.9 Å². The van der Waals surface area contributed by atoms with Crippen molar-refractivity contribution in [3.63, 3.8) is 0 Å². The Bertz CT molecular complexity index is 916. The summed E-state index contributed by atoms with van der Waals surface area (Å²) in [6, 6.07) is 16.2. The normalized spacial score (nSPS) is 15.8. The maximum Gasteiger partial charge on any atom is 0.319 e. The van der Waals surface area contributed by atoms with E-state index in [4.69, 9.17) is 0 Å². The van der Waals surface area contributed by atoms with Crippen LogP contribution in [-0.4, -0.2) is 48.4 Å². The van der Waals surface area contributed by atoms with E-state index in [1.165, 1.54) is 4.90 Å². The predicted molar refractivity (Wildman–Crippen MR) is 122 cm³/mol.